The van der Waals surface area contributed by atoms with E-state index in [1.165, 1.54) is 6.07 Å². The topological polar surface area (TPSA) is 66.8 Å². The first-order valence-electron chi connectivity index (χ1n) is 3.71. The molecule has 13 heavy (non-hydrogen) atoms. The fourth-order valence-corrected chi connectivity index (χ4v) is 1.20. The zero-order valence-corrected chi connectivity index (χ0v) is 8.07. The molecule has 0 saturated heterocycles. The molecule has 1 aromatic rings. The molecule has 0 aliphatic heterocycles. The summed E-state index contributed by atoms with van der Waals surface area (Å²) < 4.78 is 15.4. The number of hydrogen-bond donors (Lipinski definition) is 2. The lowest BCUT2D eigenvalue weighted by molar-refractivity contribution is 0.252. The van der Waals surface area contributed by atoms with Gasteiger partial charge in [0.25, 0.3) is 0 Å². The molecule has 0 aromatic heterocycles. The number of phenolic OH excluding ortho intramolecular Hbond substituents is 1. The van der Waals surface area contributed by atoms with Gasteiger partial charge in [-0.15, -0.1) is 0 Å². The van der Waals surface area contributed by atoms with Crippen molar-refractivity contribution >= 4 is 7.60 Å². The predicted molar refractivity (Wildman–Crippen MR) is 48.6 cm³/mol. The first-order valence-corrected chi connectivity index (χ1v) is 5.73. The summed E-state index contributed by atoms with van der Waals surface area (Å²) >= 11 is 0. The second-order valence-electron chi connectivity index (χ2n) is 2.71. The fraction of sp³-hybridized carbons (Fsp3) is 0.250. The van der Waals surface area contributed by atoms with Crippen LogP contribution in [0.1, 0.15) is 5.56 Å². The molecule has 0 bridgehead atoms. The van der Waals surface area contributed by atoms with Gasteiger partial charge in [-0.2, -0.15) is 0 Å². The van der Waals surface area contributed by atoms with Crippen LogP contribution in [0.3, 0.4) is 0 Å². The molecule has 5 heteroatoms. The molecule has 0 fully saturated rings. The summed E-state index contributed by atoms with van der Waals surface area (Å²) in [6.07, 6.45) is 0. The Hall–Kier alpha value is -0.830. The lowest BCUT2D eigenvalue weighted by atomic mass is 10.2. The highest BCUT2D eigenvalue weighted by Crippen LogP contribution is 2.38. The highest BCUT2D eigenvalue weighted by Gasteiger charge is 2.10. The summed E-state index contributed by atoms with van der Waals surface area (Å²) in [7, 11) is -3.46. The second kappa shape index (κ2) is 3.92. The zero-order valence-electron chi connectivity index (χ0n) is 7.17. The summed E-state index contributed by atoms with van der Waals surface area (Å²) in [5.41, 5.74) is 0.499. The standard InChI is InChI=1S/C8H11O4P/c1-13(10,11)12-6-7-4-2-3-5-8(7)9/h2-5,9H,6H2,1H3,(H,10,11). The van der Waals surface area contributed by atoms with Crippen molar-refractivity contribution in [1.29, 1.82) is 0 Å². The third kappa shape index (κ3) is 3.59. The minimum absolute atomic E-state index is 0.0586. The van der Waals surface area contributed by atoms with Crippen molar-refractivity contribution in [3.63, 3.8) is 0 Å². The van der Waals surface area contributed by atoms with Gasteiger partial charge in [0.1, 0.15) is 5.75 Å². The van der Waals surface area contributed by atoms with Gasteiger partial charge in [-0.25, -0.2) is 0 Å². The average Bonchev–Trinajstić information content (AvgIpc) is 2.01. The van der Waals surface area contributed by atoms with E-state index in [4.69, 9.17) is 4.89 Å². The number of phenols is 1. The van der Waals surface area contributed by atoms with E-state index in [9.17, 15) is 9.67 Å². The van der Waals surface area contributed by atoms with E-state index < -0.39 is 7.60 Å². The van der Waals surface area contributed by atoms with Gasteiger partial charge in [-0.3, -0.25) is 4.57 Å². The lowest BCUT2D eigenvalue weighted by Crippen LogP contribution is -1.90. The molecule has 0 amide bonds. The maximum Gasteiger partial charge on any atom is 0.325 e. The molecule has 1 rings (SSSR count). The van der Waals surface area contributed by atoms with E-state index in [2.05, 4.69) is 4.52 Å². The Bertz CT molecular complexity index is 331. The third-order valence-electron chi connectivity index (χ3n) is 1.45. The molecule has 0 spiro atoms. The molecule has 4 nitrogen and oxygen atoms in total. The molecule has 1 unspecified atom stereocenters. The van der Waals surface area contributed by atoms with Crippen LogP contribution >= 0.6 is 7.60 Å². The number of hydrogen-bond acceptors (Lipinski definition) is 3. The van der Waals surface area contributed by atoms with Gasteiger partial charge in [-0.1, -0.05) is 18.2 Å². The zero-order chi connectivity index (χ0) is 9.90. The average molecular weight is 202 g/mol. The maximum atomic E-state index is 10.8. The molecule has 1 atom stereocenters. The molecule has 0 heterocycles. The number of aromatic hydroxyl groups is 1. The summed E-state index contributed by atoms with van der Waals surface area (Å²) in [6, 6.07) is 6.52. The van der Waals surface area contributed by atoms with E-state index in [1.54, 1.807) is 18.2 Å². The first kappa shape index (κ1) is 10.3. The quantitative estimate of drug-likeness (QED) is 0.732. The minimum Gasteiger partial charge on any atom is -0.508 e. The number of benzene rings is 1. The molecule has 2 N–H and O–H groups in total. The van der Waals surface area contributed by atoms with Gasteiger partial charge in [0.05, 0.1) is 6.61 Å². The van der Waals surface area contributed by atoms with Crippen molar-refractivity contribution in [3.8, 4) is 5.75 Å². The van der Waals surface area contributed by atoms with Crippen LogP contribution in [0.2, 0.25) is 0 Å². The highest BCUT2D eigenvalue weighted by atomic mass is 31.2. The minimum atomic E-state index is -3.46. The van der Waals surface area contributed by atoms with Crippen molar-refractivity contribution in [2.24, 2.45) is 0 Å². The molecule has 0 saturated carbocycles. The van der Waals surface area contributed by atoms with Crippen molar-refractivity contribution in [2.45, 2.75) is 6.61 Å². The summed E-state index contributed by atoms with van der Waals surface area (Å²) in [5, 5.41) is 9.26. The third-order valence-corrected chi connectivity index (χ3v) is 2.06. The van der Waals surface area contributed by atoms with Crippen molar-refractivity contribution in [3.05, 3.63) is 29.8 Å². The van der Waals surface area contributed by atoms with Crippen LogP contribution in [-0.4, -0.2) is 16.7 Å². The van der Waals surface area contributed by atoms with Gasteiger partial charge in [0.2, 0.25) is 0 Å². The highest BCUT2D eigenvalue weighted by molar-refractivity contribution is 7.51. The molecule has 1 aromatic carbocycles. The van der Waals surface area contributed by atoms with Crippen LogP contribution in [0.15, 0.2) is 24.3 Å². The van der Waals surface area contributed by atoms with E-state index in [-0.39, 0.29) is 12.4 Å². The molecule has 0 radical (unpaired) electrons. The van der Waals surface area contributed by atoms with Crippen LogP contribution in [-0.2, 0) is 15.7 Å². The maximum absolute atomic E-state index is 10.8. The Kier molecular flexibility index (Phi) is 3.09. The Labute approximate surface area is 76.3 Å². The van der Waals surface area contributed by atoms with Gasteiger partial charge >= 0.3 is 7.60 Å². The van der Waals surface area contributed by atoms with Crippen LogP contribution < -0.4 is 0 Å². The van der Waals surface area contributed by atoms with E-state index in [1.807, 2.05) is 0 Å². The first-order chi connectivity index (χ1) is 5.99. The monoisotopic (exact) mass is 202 g/mol. The molecular formula is C8H11O4P. The summed E-state index contributed by atoms with van der Waals surface area (Å²) in [4.78, 5) is 8.82. The van der Waals surface area contributed by atoms with Crippen molar-refractivity contribution < 1.29 is 19.1 Å². The smallest absolute Gasteiger partial charge is 0.325 e. The van der Waals surface area contributed by atoms with Gasteiger partial charge in [0.15, 0.2) is 0 Å². The Morgan fingerprint density at radius 2 is 2.08 bits per heavy atom. The van der Waals surface area contributed by atoms with Crippen molar-refractivity contribution in [2.75, 3.05) is 6.66 Å². The molecule has 72 valence electrons. The lowest BCUT2D eigenvalue weighted by Gasteiger charge is -2.07. The van der Waals surface area contributed by atoms with Gasteiger partial charge in [-0.05, 0) is 6.07 Å². The fourth-order valence-electron chi connectivity index (χ4n) is 0.822. The molecular weight excluding hydrogens is 191 g/mol. The second-order valence-corrected chi connectivity index (χ2v) is 4.57. The Morgan fingerprint density at radius 1 is 1.46 bits per heavy atom. The normalized spacial score (nSPS) is 15.2. The van der Waals surface area contributed by atoms with Crippen LogP contribution in [0.25, 0.3) is 0 Å². The van der Waals surface area contributed by atoms with E-state index >= 15 is 0 Å². The van der Waals surface area contributed by atoms with Gasteiger partial charge in [0, 0.05) is 12.2 Å². The van der Waals surface area contributed by atoms with Gasteiger partial charge < -0.3 is 14.5 Å². The number of para-hydroxylation sites is 1. The van der Waals surface area contributed by atoms with E-state index in [0.717, 1.165) is 6.66 Å². The molecule has 0 aliphatic carbocycles. The van der Waals surface area contributed by atoms with Crippen molar-refractivity contribution in [1.82, 2.24) is 0 Å². The summed E-state index contributed by atoms with van der Waals surface area (Å²) in [5.74, 6) is 0.0657. The predicted octanol–water partition coefficient (Wildman–Crippen LogP) is 1.72. The Balaban J connectivity index is 2.65. The van der Waals surface area contributed by atoms with E-state index in [0.29, 0.717) is 5.56 Å². The van der Waals surface area contributed by atoms with Crippen LogP contribution in [0.5, 0.6) is 5.75 Å². The SMILES string of the molecule is CP(=O)(O)OCc1ccccc1O. The van der Waals surface area contributed by atoms with Crippen LogP contribution in [0, 0.1) is 0 Å². The molecule has 0 aliphatic rings. The van der Waals surface area contributed by atoms with Crippen LogP contribution in [0.4, 0.5) is 0 Å². The largest absolute Gasteiger partial charge is 0.508 e. The number of rotatable bonds is 3. The Morgan fingerprint density at radius 3 is 2.62 bits per heavy atom. The summed E-state index contributed by atoms with van der Waals surface area (Å²) in [6.45, 7) is 1.05.